The lowest BCUT2D eigenvalue weighted by Gasteiger charge is -2.25. The van der Waals surface area contributed by atoms with E-state index in [1.807, 2.05) is 7.05 Å². The molecule has 1 aromatic rings. The number of aryl methyl sites for hydroxylation is 1. The van der Waals surface area contributed by atoms with E-state index in [4.69, 9.17) is 0 Å². The highest BCUT2D eigenvalue weighted by atomic mass is 79.9. The number of hydrogen-bond donors (Lipinski definition) is 1. The van der Waals surface area contributed by atoms with Gasteiger partial charge in [-0.2, -0.15) is 0 Å². The lowest BCUT2D eigenvalue weighted by molar-refractivity contribution is 0.263. The summed E-state index contributed by atoms with van der Waals surface area (Å²) >= 11 is 3.50. The molecule has 0 aliphatic rings. The van der Waals surface area contributed by atoms with Crippen molar-refractivity contribution >= 4 is 15.9 Å². The molecule has 1 unspecified atom stereocenters. The summed E-state index contributed by atoms with van der Waals surface area (Å²) in [6, 6.07) is 6.37. The molecule has 0 spiro atoms. The normalized spacial score (nSPS) is 13.3. The van der Waals surface area contributed by atoms with Crippen LogP contribution in [-0.2, 0) is 0 Å². The molecular formula is C11H17BrN2. The molecule has 0 radical (unpaired) electrons. The summed E-state index contributed by atoms with van der Waals surface area (Å²) in [6.07, 6.45) is 0.271. The fourth-order valence-corrected chi connectivity index (χ4v) is 1.98. The topological polar surface area (TPSA) is 15.3 Å². The highest BCUT2D eigenvalue weighted by Crippen LogP contribution is 2.23. The van der Waals surface area contributed by atoms with Crippen LogP contribution in [-0.4, -0.2) is 26.0 Å². The molecule has 14 heavy (non-hydrogen) atoms. The third-order valence-corrected chi connectivity index (χ3v) is 2.82. The molecule has 1 aromatic carbocycles. The smallest absolute Gasteiger partial charge is 0.0856 e. The van der Waals surface area contributed by atoms with E-state index in [-0.39, 0.29) is 6.17 Å². The average Bonchev–Trinajstić information content (AvgIpc) is 2.11. The fraction of sp³-hybridized carbons (Fsp3) is 0.455. The molecule has 0 saturated heterocycles. The molecule has 0 aliphatic heterocycles. The first-order valence-corrected chi connectivity index (χ1v) is 5.45. The number of halogens is 1. The van der Waals surface area contributed by atoms with Gasteiger partial charge in [-0.05, 0) is 51.3 Å². The summed E-state index contributed by atoms with van der Waals surface area (Å²) in [5.74, 6) is 0. The quantitative estimate of drug-likeness (QED) is 0.837. The van der Waals surface area contributed by atoms with Gasteiger partial charge >= 0.3 is 0 Å². The van der Waals surface area contributed by atoms with Gasteiger partial charge in [-0.1, -0.05) is 22.0 Å². The molecule has 0 fully saturated rings. The van der Waals surface area contributed by atoms with E-state index in [9.17, 15) is 0 Å². The third kappa shape index (κ3) is 2.56. The minimum absolute atomic E-state index is 0.271. The van der Waals surface area contributed by atoms with Crippen molar-refractivity contribution in [3.05, 3.63) is 33.8 Å². The zero-order valence-corrected chi connectivity index (χ0v) is 10.7. The number of rotatable bonds is 3. The van der Waals surface area contributed by atoms with Crippen molar-refractivity contribution in [2.45, 2.75) is 13.1 Å². The Labute approximate surface area is 94.4 Å². The van der Waals surface area contributed by atoms with Gasteiger partial charge in [-0.15, -0.1) is 0 Å². The van der Waals surface area contributed by atoms with E-state index in [1.165, 1.54) is 11.1 Å². The van der Waals surface area contributed by atoms with Crippen LogP contribution in [0.15, 0.2) is 22.7 Å². The number of hydrogen-bond acceptors (Lipinski definition) is 2. The van der Waals surface area contributed by atoms with Gasteiger partial charge in [0.05, 0.1) is 6.17 Å². The van der Waals surface area contributed by atoms with E-state index < -0.39 is 0 Å². The van der Waals surface area contributed by atoms with Gasteiger partial charge in [0, 0.05) is 4.47 Å². The summed E-state index contributed by atoms with van der Waals surface area (Å²) < 4.78 is 1.13. The molecule has 1 rings (SSSR count). The highest BCUT2D eigenvalue weighted by Gasteiger charge is 2.13. The van der Waals surface area contributed by atoms with E-state index in [1.54, 1.807) is 0 Å². The van der Waals surface area contributed by atoms with Crippen LogP contribution in [0, 0.1) is 6.92 Å². The second-order valence-corrected chi connectivity index (χ2v) is 4.57. The van der Waals surface area contributed by atoms with Gasteiger partial charge in [0.25, 0.3) is 0 Å². The highest BCUT2D eigenvalue weighted by molar-refractivity contribution is 9.10. The maximum absolute atomic E-state index is 3.50. The molecule has 3 heteroatoms. The molecule has 0 bridgehead atoms. The Morgan fingerprint density at radius 3 is 2.50 bits per heavy atom. The lowest BCUT2D eigenvalue weighted by atomic mass is 10.1. The van der Waals surface area contributed by atoms with Crippen molar-refractivity contribution in [2.75, 3.05) is 21.1 Å². The molecule has 0 aliphatic carbocycles. The molecule has 1 N–H and O–H groups in total. The van der Waals surface area contributed by atoms with Crippen LogP contribution in [0.3, 0.4) is 0 Å². The molecule has 1 atom stereocenters. The van der Waals surface area contributed by atoms with Crippen LogP contribution in [0.25, 0.3) is 0 Å². The molecule has 0 amide bonds. The Morgan fingerprint density at radius 1 is 1.36 bits per heavy atom. The first-order chi connectivity index (χ1) is 6.56. The average molecular weight is 257 g/mol. The summed E-state index contributed by atoms with van der Waals surface area (Å²) in [5.41, 5.74) is 2.62. The van der Waals surface area contributed by atoms with Crippen LogP contribution in [0.2, 0.25) is 0 Å². The Hall–Kier alpha value is -0.380. The van der Waals surface area contributed by atoms with Crippen molar-refractivity contribution in [1.29, 1.82) is 0 Å². The van der Waals surface area contributed by atoms with Crippen LogP contribution in [0.1, 0.15) is 17.3 Å². The largest absolute Gasteiger partial charge is 0.301 e. The Balaban J connectivity index is 3.08. The van der Waals surface area contributed by atoms with Crippen molar-refractivity contribution in [2.24, 2.45) is 0 Å². The SMILES string of the molecule is CNC(c1cc(Br)ccc1C)N(C)C. The summed E-state index contributed by atoms with van der Waals surface area (Å²) in [5, 5.41) is 3.29. The van der Waals surface area contributed by atoms with Gasteiger partial charge in [0.1, 0.15) is 0 Å². The zero-order valence-electron chi connectivity index (χ0n) is 9.13. The van der Waals surface area contributed by atoms with Gasteiger partial charge in [-0.25, -0.2) is 0 Å². The third-order valence-electron chi connectivity index (χ3n) is 2.33. The molecule has 2 nitrogen and oxygen atoms in total. The van der Waals surface area contributed by atoms with Gasteiger partial charge in [0.15, 0.2) is 0 Å². The zero-order chi connectivity index (χ0) is 10.7. The van der Waals surface area contributed by atoms with Crippen molar-refractivity contribution < 1.29 is 0 Å². The second-order valence-electron chi connectivity index (χ2n) is 3.66. The lowest BCUT2D eigenvalue weighted by Crippen LogP contribution is -2.31. The first kappa shape index (κ1) is 11.7. The molecule has 0 heterocycles. The Morgan fingerprint density at radius 2 is 2.00 bits per heavy atom. The maximum atomic E-state index is 3.50. The van der Waals surface area contributed by atoms with Crippen molar-refractivity contribution in [3.8, 4) is 0 Å². The fourth-order valence-electron chi connectivity index (χ4n) is 1.60. The van der Waals surface area contributed by atoms with Crippen molar-refractivity contribution in [1.82, 2.24) is 10.2 Å². The Bertz CT molecular complexity index is 310. The predicted octanol–water partition coefficient (Wildman–Crippen LogP) is 2.54. The summed E-state index contributed by atoms with van der Waals surface area (Å²) in [4.78, 5) is 2.16. The number of nitrogens with zero attached hydrogens (tertiary/aromatic N) is 1. The monoisotopic (exact) mass is 256 g/mol. The van der Waals surface area contributed by atoms with Crippen LogP contribution >= 0.6 is 15.9 Å². The van der Waals surface area contributed by atoms with Crippen LogP contribution in [0.4, 0.5) is 0 Å². The summed E-state index contributed by atoms with van der Waals surface area (Å²) in [6.45, 7) is 2.13. The van der Waals surface area contributed by atoms with E-state index >= 15 is 0 Å². The van der Waals surface area contributed by atoms with Gasteiger partial charge in [-0.3, -0.25) is 4.90 Å². The second kappa shape index (κ2) is 4.91. The van der Waals surface area contributed by atoms with Crippen molar-refractivity contribution in [3.63, 3.8) is 0 Å². The van der Waals surface area contributed by atoms with E-state index in [0.717, 1.165) is 4.47 Å². The maximum Gasteiger partial charge on any atom is 0.0856 e. The molecule has 78 valence electrons. The summed E-state index contributed by atoms with van der Waals surface area (Å²) in [7, 11) is 6.12. The van der Waals surface area contributed by atoms with Gasteiger partial charge < -0.3 is 5.32 Å². The first-order valence-electron chi connectivity index (χ1n) is 4.66. The molecule has 0 saturated carbocycles. The van der Waals surface area contributed by atoms with Crippen LogP contribution in [0.5, 0.6) is 0 Å². The standard InChI is InChI=1S/C11H17BrN2/c1-8-5-6-9(12)7-10(8)11(13-2)14(3)4/h5-7,11,13H,1-4H3. The minimum Gasteiger partial charge on any atom is -0.301 e. The van der Waals surface area contributed by atoms with E-state index in [2.05, 4.69) is 65.4 Å². The molecular weight excluding hydrogens is 240 g/mol. The predicted molar refractivity (Wildman–Crippen MR) is 64.4 cm³/mol. The molecule has 0 aromatic heterocycles. The Kier molecular flexibility index (Phi) is 4.11. The minimum atomic E-state index is 0.271. The van der Waals surface area contributed by atoms with Gasteiger partial charge in [0.2, 0.25) is 0 Å². The van der Waals surface area contributed by atoms with E-state index in [0.29, 0.717) is 0 Å². The van der Waals surface area contributed by atoms with Crippen LogP contribution < -0.4 is 5.32 Å². The number of nitrogens with one attached hydrogen (secondary N) is 1. The number of benzene rings is 1.